The van der Waals surface area contributed by atoms with Gasteiger partial charge in [0.1, 0.15) is 11.5 Å². The minimum Gasteiger partial charge on any atom is -0.497 e. The van der Waals surface area contributed by atoms with Gasteiger partial charge in [0, 0.05) is 16.2 Å². The third kappa shape index (κ3) is 15.6. The largest absolute Gasteiger partial charge is 0.497 e. The number of ether oxygens (including phenoxy) is 3. The maximum absolute atomic E-state index is 11.9. The second-order valence-corrected chi connectivity index (χ2v) is 8.68. The van der Waals surface area contributed by atoms with Crippen LogP contribution in [0.5, 0.6) is 5.75 Å². The van der Waals surface area contributed by atoms with Gasteiger partial charge in [-0.25, -0.2) is 4.79 Å². The molecule has 0 spiro atoms. The lowest BCUT2D eigenvalue weighted by atomic mass is 10.2. The van der Waals surface area contributed by atoms with E-state index >= 15 is 0 Å². The Bertz CT molecular complexity index is 833. The highest BCUT2D eigenvalue weighted by Crippen LogP contribution is 2.28. The van der Waals surface area contributed by atoms with E-state index in [0.29, 0.717) is 12.4 Å². The van der Waals surface area contributed by atoms with Crippen LogP contribution in [0.25, 0.3) is 0 Å². The summed E-state index contributed by atoms with van der Waals surface area (Å²) in [5.74, 6) is 2.55. The molecule has 0 amide bonds. The number of carbonyl (C=O) groups is 1. The fourth-order valence-electron chi connectivity index (χ4n) is 2.22. The Morgan fingerprint density at radius 2 is 1.78 bits per heavy atom. The Kier molecular flexibility index (Phi) is 19.7. The maximum atomic E-state index is 11.9. The monoisotopic (exact) mass is 532 g/mol. The summed E-state index contributed by atoms with van der Waals surface area (Å²) in [4.78, 5) is 12.8. The van der Waals surface area contributed by atoms with E-state index < -0.39 is 17.9 Å². The second-order valence-electron chi connectivity index (χ2n) is 7.59. The van der Waals surface area contributed by atoms with Crippen molar-refractivity contribution in [1.82, 2.24) is 0 Å². The van der Waals surface area contributed by atoms with Gasteiger partial charge in [0.25, 0.3) is 0 Å². The Morgan fingerprint density at radius 3 is 2.22 bits per heavy atom. The highest BCUT2D eigenvalue weighted by atomic mass is 32.2. The van der Waals surface area contributed by atoms with E-state index in [1.165, 1.54) is 30.6 Å². The number of allylic oxidation sites excluding steroid dienone is 4. The number of esters is 1. The zero-order valence-electron chi connectivity index (χ0n) is 23.1. The summed E-state index contributed by atoms with van der Waals surface area (Å²) in [7, 11) is 1.37. The van der Waals surface area contributed by atoms with Gasteiger partial charge in [0.2, 0.25) is 0 Å². The lowest BCUT2D eigenvalue weighted by Gasteiger charge is -2.16. The van der Waals surface area contributed by atoms with E-state index in [4.69, 9.17) is 14.2 Å². The van der Waals surface area contributed by atoms with E-state index in [-0.39, 0.29) is 5.97 Å². The molecule has 0 aliphatic heterocycles. The van der Waals surface area contributed by atoms with E-state index in [0.717, 1.165) is 36.0 Å². The Balaban J connectivity index is 0. The topological polar surface area (TPSA) is 44.8 Å². The summed E-state index contributed by atoms with van der Waals surface area (Å²) in [6.07, 6.45) is -0.167. The normalized spacial score (nSPS) is 13.2. The quantitative estimate of drug-likeness (QED) is 0.123. The van der Waals surface area contributed by atoms with Gasteiger partial charge in [-0.3, -0.25) is 0 Å². The first-order valence-corrected chi connectivity index (χ1v) is 13.1. The fraction of sp³-hybridized carbons (Fsp3) is 0.536. The summed E-state index contributed by atoms with van der Waals surface area (Å²) in [5, 5.41) is 0. The first-order valence-electron chi connectivity index (χ1n) is 12.1. The van der Waals surface area contributed by atoms with Gasteiger partial charge in [0.05, 0.1) is 13.7 Å². The van der Waals surface area contributed by atoms with Crippen LogP contribution >= 0.6 is 11.8 Å². The molecular weight excluding hydrogens is 489 g/mol. The average Bonchev–Trinajstić information content (AvgIpc) is 2.85. The number of hydrogen-bond donors (Lipinski definition) is 0. The standard InChI is InChI=1S/C17H26O3S.C9H11F3O.C2H6/c1-6-12(3)11-21-15-8-9-16(13(4)10-15)20-14(5)17(18)19-7-2;1-4-8(13-3)6-5-7(2)9(10,11)12;1-2/h8-10,12,14H,6-7,11H2,1-5H3;4-6H,1H2,2-3H3;1-2H3/b;7-5+,8-6+;. The molecule has 0 aliphatic carbocycles. The summed E-state index contributed by atoms with van der Waals surface area (Å²) < 4.78 is 51.1. The number of alkyl halides is 3. The van der Waals surface area contributed by atoms with Crippen LogP contribution in [0.2, 0.25) is 0 Å². The van der Waals surface area contributed by atoms with Crippen LogP contribution in [0.1, 0.15) is 60.5 Å². The Labute approximate surface area is 220 Å². The van der Waals surface area contributed by atoms with Crippen molar-refractivity contribution in [1.29, 1.82) is 0 Å². The number of methoxy groups -OCH3 is 1. The van der Waals surface area contributed by atoms with Crippen LogP contribution in [0.15, 0.2) is 59.2 Å². The first-order chi connectivity index (χ1) is 16.9. The smallest absolute Gasteiger partial charge is 0.412 e. The van der Waals surface area contributed by atoms with E-state index in [1.54, 1.807) is 13.8 Å². The van der Waals surface area contributed by atoms with Crippen molar-refractivity contribution in [3.05, 3.63) is 59.9 Å². The molecule has 8 heteroatoms. The van der Waals surface area contributed by atoms with Crippen molar-refractivity contribution in [3.8, 4) is 5.75 Å². The Morgan fingerprint density at radius 1 is 1.17 bits per heavy atom. The van der Waals surface area contributed by atoms with Gasteiger partial charge in [0.15, 0.2) is 6.10 Å². The van der Waals surface area contributed by atoms with Crippen molar-refractivity contribution in [2.75, 3.05) is 19.5 Å². The zero-order chi connectivity index (χ0) is 28.3. The zero-order valence-corrected chi connectivity index (χ0v) is 23.9. The van der Waals surface area contributed by atoms with Gasteiger partial charge in [-0.2, -0.15) is 13.2 Å². The molecule has 206 valence electrons. The molecule has 0 radical (unpaired) electrons. The lowest BCUT2D eigenvalue weighted by molar-refractivity contribution is -0.150. The molecule has 0 aromatic heterocycles. The fourth-order valence-corrected chi connectivity index (χ4v) is 3.36. The molecule has 1 aromatic rings. The minimum absolute atomic E-state index is 0.295. The molecule has 0 bridgehead atoms. The van der Waals surface area contributed by atoms with Crippen molar-refractivity contribution in [2.45, 2.75) is 79.0 Å². The van der Waals surface area contributed by atoms with Crippen LogP contribution in [-0.2, 0) is 14.3 Å². The molecular formula is C28H43F3O4S. The molecule has 1 rings (SSSR count). The van der Waals surface area contributed by atoms with Crippen LogP contribution in [-0.4, -0.2) is 37.7 Å². The number of rotatable bonds is 11. The van der Waals surface area contributed by atoms with Crippen molar-refractivity contribution in [2.24, 2.45) is 5.92 Å². The highest BCUT2D eigenvalue weighted by molar-refractivity contribution is 7.99. The third-order valence-corrected chi connectivity index (χ3v) is 6.00. The predicted octanol–water partition coefficient (Wildman–Crippen LogP) is 8.70. The number of carbonyl (C=O) groups excluding carboxylic acids is 1. The molecule has 4 nitrogen and oxygen atoms in total. The summed E-state index contributed by atoms with van der Waals surface area (Å²) >= 11 is 1.86. The number of aryl methyl sites for hydroxylation is 1. The predicted molar refractivity (Wildman–Crippen MR) is 145 cm³/mol. The van der Waals surface area contributed by atoms with Crippen molar-refractivity contribution in [3.63, 3.8) is 0 Å². The summed E-state index contributed by atoms with van der Waals surface area (Å²) in [5.41, 5.74) is 0.365. The Hall–Kier alpha value is -2.35. The van der Waals surface area contributed by atoms with Gasteiger partial charge >= 0.3 is 12.1 Å². The molecule has 0 fully saturated rings. The molecule has 0 saturated carbocycles. The van der Waals surface area contributed by atoms with Gasteiger partial charge in [-0.1, -0.05) is 46.8 Å². The molecule has 36 heavy (non-hydrogen) atoms. The second kappa shape index (κ2) is 19.8. The van der Waals surface area contributed by atoms with E-state index in [9.17, 15) is 18.0 Å². The average molecular weight is 533 g/mol. The summed E-state index contributed by atoms with van der Waals surface area (Å²) in [6, 6.07) is 6.09. The molecule has 0 saturated heterocycles. The first kappa shape index (κ1) is 35.8. The SMILES string of the molecule is C=C/C(=C\C=C(/C)C(F)(F)F)OC.CC.CCOC(=O)C(C)Oc1ccc(SCC(C)CC)cc1C. The lowest BCUT2D eigenvalue weighted by Crippen LogP contribution is -2.26. The number of hydrogen-bond acceptors (Lipinski definition) is 5. The molecule has 2 unspecified atom stereocenters. The highest BCUT2D eigenvalue weighted by Gasteiger charge is 2.29. The third-order valence-electron chi connectivity index (χ3n) is 4.68. The summed E-state index contributed by atoms with van der Waals surface area (Å²) in [6.45, 7) is 18.7. The number of benzene rings is 1. The van der Waals surface area contributed by atoms with Crippen LogP contribution < -0.4 is 4.74 Å². The molecule has 1 aromatic carbocycles. The molecule has 0 N–H and O–H groups in total. The van der Waals surface area contributed by atoms with Gasteiger partial charge in [-0.15, -0.1) is 11.8 Å². The van der Waals surface area contributed by atoms with Crippen LogP contribution in [0.4, 0.5) is 13.2 Å². The van der Waals surface area contributed by atoms with E-state index in [1.807, 2.05) is 44.7 Å². The van der Waals surface area contributed by atoms with E-state index in [2.05, 4.69) is 26.5 Å². The molecule has 0 heterocycles. The van der Waals surface area contributed by atoms with Gasteiger partial charge in [-0.05, 0) is 69.5 Å². The van der Waals surface area contributed by atoms with Crippen molar-refractivity contribution >= 4 is 17.7 Å². The molecule has 2 atom stereocenters. The number of halogens is 3. The maximum Gasteiger partial charge on any atom is 0.412 e. The number of thioether (sulfide) groups is 1. The minimum atomic E-state index is -4.28. The van der Waals surface area contributed by atoms with Crippen LogP contribution in [0.3, 0.4) is 0 Å². The van der Waals surface area contributed by atoms with Crippen molar-refractivity contribution < 1.29 is 32.2 Å². The van der Waals surface area contributed by atoms with Gasteiger partial charge < -0.3 is 14.2 Å². The van der Waals surface area contributed by atoms with Crippen LogP contribution in [0, 0.1) is 12.8 Å². The molecule has 0 aliphatic rings.